The summed E-state index contributed by atoms with van der Waals surface area (Å²) in [4.78, 5) is 16.2. The summed E-state index contributed by atoms with van der Waals surface area (Å²) in [5, 5.41) is 27.8. The van der Waals surface area contributed by atoms with Gasteiger partial charge in [-0.25, -0.2) is 8.42 Å². The fraction of sp³-hybridized carbons (Fsp3) is 0.211. The van der Waals surface area contributed by atoms with Crippen LogP contribution in [0.4, 0.5) is 10.8 Å². The van der Waals surface area contributed by atoms with Crippen molar-refractivity contribution in [3.8, 4) is 11.9 Å². The summed E-state index contributed by atoms with van der Waals surface area (Å²) >= 11 is 1.11. The number of pyridine rings is 1. The number of hydrogen-bond acceptors (Lipinski definition) is 9. The van der Waals surface area contributed by atoms with Crippen LogP contribution in [0.3, 0.4) is 0 Å². The summed E-state index contributed by atoms with van der Waals surface area (Å²) in [6.45, 7) is 3.42. The Morgan fingerprint density at radius 1 is 1.32 bits per heavy atom. The van der Waals surface area contributed by atoms with Gasteiger partial charge in [0.1, 0.15) is 11.6 Å². The molecule has 31 heavy (non-hydrogen) atoms. The molecule has 160 valence electrons. The number of sulfonamides is 1. The van der Waals surface area contributed by atoms with E-state index in [1.807, 2.05) is 13.0 Å². The Kier molecular flexibility index (Phi) is 6.19. The number of aryl methyl sites for hydroxylation is 1. The summed E-state index contributed by atoms with van der Waals surface area (Å²) < 4.78 is 29.6. The molecule has 10 nitrogen and oxygen atoms in total. The van der Waals surface area contributed by atoms with E-state index in [1.54, 1.807) is 0 Å². The van der Waals surface area contributed by atoms with E-state index < -0.39 is 15.6 Å². The molecule has 2 aromatic heterocycles. The number of aliphatic imine (C=N–C) groups is 1. The molecular formula is C19H17N6O4S2-. The number of hydrogen-bond donors (Lipinski definition) is 1. The predicted molar refractivity (Wildman–Crippen MR) is 116 cm³/mol. The molecule has 1 N–H and O–H groups in total. The second-order valence-corrected chi connectivity index (χ2v) is 9.01. The van der Waals surface area contributed by atoms with Gasteiger partial charge in [0.2, 0.25) is 15.9 Å². The van der Waals surface area contributed by atoms with Crippen LogP contribution >= 0.6 is 11.3 Å². The predicted octanol–water partition coefficient (Wildman–Crippen LogP) is 2.83. The van der Waals surface area contributed by atoms with Gasteiger partial charge < -0.3 is 14.9 Å². The van der Waals surface area contributed by atoms with E-state index in [4.69, 9.17) is 0 Å². The molecule has 0 aliphatic heterocycles. The van der Waals surface area contributed by atoms with Gasteiger partial charge in [-0.05, 0) is 43.2 Å². The Hall–Kier alpha value is -3.56. The Balaban J connectivity index is 1.86. The molecule has 12 heteroatoms. The largest absolute Gasteiger partial charge is 0.494 e. The number of nitriles is 1. The molecule has 1 aromatic carbocycles. The van der Waals surface area contributed by atoms with Gasteiger partial charge >= 0.3 is 0 Å². The number of rotatable bonds is 6. The normalized spacial score (nSPS) is 11.5. The summed E-state index contributed by atoms with van der Waals surface area (Å²) in [5.41, 5.74) is 0.221. The average Bonchev–Trinajstić information content (AvgIpc) is 3.20. The van der Waals surface area contributed by atoms with Crippen LogP contribution in [0.2, 0.25) is 0 Å². The smallest absolute Gasteiger partial charge is 0.271 e. The maximum absolute atomic E-state index is 12.5. The molecule has 0 aliphatic rings. The van der Waals surface area contributed by atoms with Crippen LogP contribution in [0.1, 0.15) is 28.6 Å². The Morgan fingerprint density at radius 3 is 2.58 bits per heavy atom. The van der Waals surface area contributed by atoms with E-state index in [9.17, 15) is 23.6 Å². The van der Waals surface area contributed by atoms with Crippen molar-refractivity contribution < 1.29 is 13.5 Å². The van der Waals surface area contributed by atoms with Gasteiger partial charge in [0, 0.05) is 18.4 Å². The van der Waals surface area contributed by atoms with E-state index in [2.05, 4.69) is 19.9 Å². The second kappa shape index (κ2) is 8.66. The van der Waals surface area contributed by atoms with Crippen molar-refractivity contribution in [1.82, 2.24) is 14.8 Å². The number of aromatic hydroxyl groups is 1. The van der Waals surface area contributed by atoms with Gasteiger partial charge in [0.25, 0.3) is 5.56 Å². The van der Waals surface area contributed by atoms with Crippen LogP contribution in [-0.2, 0) is 23.5 Å². The van der Waals surface area contributed by atoms with Crippen LogP contribution in [0, 0.1) is 18.3 Å². The van der Waals surface area contributed by atoms with Crippen molar-refractivity contribution in [1.29, 1.82) is 5.26 Å². The van der Waals surface area contributed by atoms with E-state index in [0.29, 0.717) is 22.7 Å². The zero-order valence-corrected chi connectivity index (χ0v) is 18.4. The minimum atomic E-state index is -3.96. The minimum absolute atomic E-state index is 0.0346. The van der Waals surface area contributed by atoms with Gasteiger partial charge in [-0.15, -0.1) is 11.3 Å². The monoisotopic (exact) mass is 457 g/mol. The van der Waals surface area contributed by atoms with Crippen LogP contribution < -0.4 is 5.56 Å². The molecule has 0 bridgehead atoms. The first kappa shape index (κ1) is 22.1. The van der Waals surface area contributed by atoms with Gasteiger partial charge in [-0.2, -0.15) is 5.26 Å². The van der Waals surface area contributed by atoms with Gasteiger partial charge in [-0.1, -0.05) is 6.92 Å². The highest BCUT2D eigenvalue weighted by Gasteiger charge is 2.16. The minimum Gasteiger partial charge on any atom is -0.494 e. The van der Waals surface area contributed by atoms with Gasteiger partial charge in [-0.3, -0.25) is 19.5 Å². The fourth-order valence-corrected chi connectivity index (χ4v) is 4.41. The topological polar surface area (TPSA) is 152 Å². The van der Waals surface area contributed by atoms with Crippen molar-refractivity contribution in [3.63, 3.8) is 0 Å². The first-order valence-corrected chi connectivity index (χ1v) is 11.2. The third-order valence-electron chi connectivity index (χ3n) is 4.40. The molecule has 0 unspecified atom stereocenters. The lowest BCUT2D eigenvalue weighted by Gasteiger charge is -2.11. The average molecular weight is 458 g/mol. The highest BCUT2D eigenvalue weighted by atomic mass is 32.2. The fourth-order valence-electron chi connectivity index (χ4n) is 2.62. The van der Waals surface area contributed by atoms with Crippen LogP contribution in [-0.4, -0.2) is 34.5 Å². The number of aromatic nitrogens is 3. The molecule has 0 atom stereocenters. The molecule has 0 saturated heterocycles. The standard InChI is InChI=1S/C19H18N6O4S2/c1-4-16-22-23-19(30-16)24-31(28,29)13-7-5-12(6-8-13)21-10-15-11(2)14(9-20)17(26)25(3)18(15)27/h5-8,10H,4H2,1-3H3,(H2,21,23,24,26,27)/p-1. The molecule has 0 amide bonds. The Bertz CT molecular complexity index is 1370. The van der Waals surface area contributed by atoms with Gasteiger partial charge in [0.15, 0.2) is 0 Å². The molecule has 0 fully saturated rings. The van der Waals surface area contributed by atoms with E-state index in [1.165, 1.54) is 44.5 Å². The molecule has 3 aromatic rings. The third-order valence-corrected chi connectivity index (χ3v) is 6.76. The van der Waals surface area contributed by atoms with Crippen molar-refractivity contribution in [2.24, 2.45) is 12.0 Å². The zero-order chi connectivity index (χ0) is 22.8. The van der Waals surface area contributed by atoms with Crippen LogP contribution in [0.25, 0.3) is 4.72 Å². The summed E-state index contributed by atoms with van der Waals surface area (Å²) in [7, 11) is -2.61. The summed E-state index contributed by atoms with van der Waals surface area (Å²) in [6, 6.07) is 7.46. The van der Waals surface area contributed by atoms with E-state index in [0.717, 1.165) is 15.9 Å². The lowest BCUT2D eigenvalue weighted by Crippen LogP contribution is -2.22. The van der Waals surface area contributed by atoms with E-state index in [-0.39, 0.29) is 27.0 Å². The molecule has 0 radical (unpaired) electrons. The lowest BCUT2D eigenvalue weighted by atomic mass is 10.1. The molecule has 3 rings (SSSR count). The number of benzene rings is 1. The molecule has 2 heterocycles. The van der Waals surface area contributed by atoms with E-state index >= 15 is 0 Å². The van der Waals surface area contributed by atoms with Gasteiger partial charge in [0.05, 0.1) is 21.2 Å². The summed E-state index contributed by atoms with van der Waals surface area (Å²) in [5.74, 6) is -0.327. The van der Waals surface area contributed by atoms with Crippen LogP contribution in [0.15, 0.2) is 38.9 Å². The highest BCUT2D eigenvalue weighted by molar-refractivity contribution is 7.94. The maximum atomic E-state index is 12.5. The first-order chi connectivity index (χ1) is 14.7. The van der Waals surface area contributed by atoms with Crippen LogP contribution in [0.5, 0.6) is 5.88 Å². The van der Waals surface area contributed by atoms with Crippen molar-refractivity contribution in [3.05, 3.63) is 61.0 Å². The first-order valence-electron chi connectivity index (χ1n) is 8.95. The molecular weight excluding hydrogens is 440 g/mol. The second-order valence-electron chi connectivity index (χ2n) is 6.36. The zero-order valence-electron chi connectivity index (χ0n) is 16.8. The Labute approximate surface area is 182 Å². The number of nitrogens with zero attached hydrogens (tertiary/aromatic N) is 6. The highest BCUT2D eigenvalue weighted by Crippen LogP contribution is 2.31. The van der Waals surface area contributed by atoms with Crippen molar-refractivity contribution in [2.45, 2.75) is 25.2 Å². The molecule has 0 aliphatic carbocycles. The molecule has 0 spiro atoms. The van der Waals surface area contributed by atoms with Crippen molar-refractivity contribution in [2.75, 3.05) is 0 Å². The van der Waals surface area contributed by atoms with Crippen molar-refractivity contribution >= 4 is 38.4 Å². The Morgan fingerprint density at radius 2 is 2.00 bits per heavy atom. The maximum Gasteiger partial charge on any atom is 0.271 e. The summed E-state index contributed by atoms with van der Waals surface area (Å²) in [6.07, 6.45) is 1.95. The molecule has 0 saturated carbocycles. The lowest BCUT2D eigenvalue weighted by molar-refractivity contribution is 0.421. The third kappa shape index (κ3) is 4.47. The quantitative estimate of drug-likeness (QED) is 0.558. The SMILES string of the molecule is CCc1nnc([N-]S(=O)(=O)c2ccc(N=Cc3c(C)c(C#N)c(=O)n(C)c3O)cc2)s1.